The van der Waals surface area contributed by atoms with Crippen molar-refractivity contribution in [3.05, 3.63) is 35.4 Å². The number of hydrogen-bond donors (Lipinski definition) is 1. The Morgan fingerprint density at radius 2 is 1.85 bits per heavy atom. The minimum atomic E-state index is -2.97. The van der Waals surface area contributed by atoms with E-state index in [1.807, 2.05) is 12.1 Å². The lowest BCUT2D eigenvalue weighted by molar-refractivity contribution is 0.557. The van der Waals surface area contributed by atoms with Crippen LogP contribution in [-0.2, 0) is 9.84 Å². The molecule has 1 unspecified atom stereocenters. The van der Waals surface area contributed by atoms with Crippen molar-refractivity contribution in [2.24, 2.45) is 0 Å². The van der Waals surface area contributed by atoms with Crippen molar-refractivity contribution in [3.8, 4) is 0 Å². The highest BCUT2D eigenvalue weighted by atomic mass is 32.2. The van der Waals surface area contributed by atoms with Gasteiger partial charge in [0.05, 0.1) is 11.0 Å². The molecule has 0 spiro atoms. The SMILES string of the molecule is CCNCC(CCS(=O)(=O)C(C)C)c1ccccc1C. The van der Waals surface area contributed by atoms with Gasteiger partial charge in [0, 0.05) is 6.54 Å². The maximum absolute atomic E-state index is 12.0. The lowest BCUT2D eigenvalue weighted by atomic mass is 9.92. The number of hydrogen-bond acceptors (Lipinski definition) is 3. The van der Waals surface area contributed by atoms with E-state index in [-0.39, 0.29) is 16.9 Å². The smallest absolute Gasteiger partial charge is 0.152 e. The van der Waals surface area contributed by atoms with Crippen LogP contribution in [0.15, 0.2) is 24.3 Å². The fraction of sp³-hybridized carbons (Fsp3) is 0.625. The van der Waals surface area contributed by atoms with Gasteiger partial charge in [0.2, 0.25) is 0 Å². The van der Waals surface area contributed by atoms with Crippen molar-refractivity contribution >= 4 is 9.84 Å². The molecule has 0 aliphatic rings. The van der Waals surface area contributed by atoms with Crippen LogP contribution in [0, 0.1) is 6.92 Å². The van der Waals surface area contributed by atoms with Crippen molar-refractivity contribution < 1.29 is 8.42 Å². The number of sulfone groups is 1. The molecule has 0 saturated carbocycles. The van der Waals surface area contributed by atoms with Gasteiger partial charge in [-0.15, -0.1) is 0 Å². The summed E-state index contributed by atoms with van der Waals surface area (Å²) in [6.45, 7) is 9.39. The van der Waals surface area contributed by atoms with Crippen molar-refractivity contribution in [1.82, 2.24) is 5.32 Å². The molecule has 1 aromatic rings. The molecule has 0 heterocycles. The minimum absolute atomic E-state index is 0.254. The lowest BCUT2D eigenvalue weighted by Gasteiger charge is -2.20. The van der Waals surface area contributed by atoms with E-state index in [2.05, 4.69) is 31.3 Å². The van der Waals surface area contributed by atoms with Crippen LogP contribution in [0.1, 0.15) is 44.2 Å². The van der Waals surface area contributed by atoms with Gasteiger partial charge in [-0.05, 0) is 50.8 Å². The summed E-state index contributed by atoms with van der Waals surface area (Å²) in [6, 6.07) is 8.25. The van der Waals surface area contributed by atoms with Crippen LogP contribution >= 0.6 is 0 Å². The Labute approximate surface area is 123 Å². The van der Waals surface area contributed by atoms with E-state index in [4.69, 9.17) is 0 Å². The molecular formula is C16H27NO2S. The number of nitrogens with one attached hydrogen (secondary N) is 1. The zero-order valence-corrected chi connectivity index (χ0v) is 13.8. The largest absolute Gasteiger partial charge is 0.316 e. The third-order valence-corrected chi connectivity index (χ3v) is 5.98. The highest BCUT2D eigenvalue weighted by molar-refractivity contribution is 7.91. The van der Waals surface area contributed by atoms with Crippen LogP contribution in [0.5, 0.6) is 0 Å². The van der Waals surface area contributed by atoms with Gasteiger partial charge in [-0.3, -0.25) is 0 Å². The van der Waals surface area contributed by atoms with Crippen LogP contribution in [-0.4, -0.2) is 32.5 Å². The highest BCUT2D eigenvalue weighted by Crippen LogP contribution is 2.23. The number of likely N-dealkylation sites (N-methyl/N-ethyl adjacent to an activating group) is 1. The van der Waals surface area contributed by atoms with Crippen molar-refractivity contribution in [1.29, 1.82) is 0 Å². The quantitative estimate of drug-likeness (QED) is 0.802. The Hall–Kier alpha value is -0.870. The summed E-state index contributed by atoms with van der Waals surface area (Å²) in [4.78, 5) is 0. The fourth-order valence-electron chi connectivity index (χ4n) is 2.27. The first-order valence-electron chi connectivity index (χ1n) is 7.36. The van der Waals surface area contributed by atoms with Gasteiger partial charge in [-0.2, -0.15) is 0 Å². The second-order valence-corrected chi connectivity index (χ2v) is 8.24. The monoisotopic (exact) mass is 297 g/mol. The second-order valence-electron chi connectivity index (χ2n) is 5.57. The van der Waals surface area contributed by atoms with Gasteiger partial charge in [0.15, 0.2) is 9.84 Å². The molecule has 0 aromatic heterocycles. The maximum atomic E-state index is 12.0. The van der Waals surface area contributed by atoms with Crippen LogP contribution < -0.4 is 5.32 Å². The summed E-state index contributed by atoms with van der Waals surface area (Å²) in [5, 5.41) is 3.05. The van der Waals surface area contributed by atoms with Crippen LogP contribution in [0.3, 0.4) is 0 Å². The summed E-state index contributed by atoms with van der Waals surface area (Å²) in [5.41, 5.74) is 2.49. The molecule has 0 aliphatic carbocycles. The van der Waals surface area contributed by atoms with E-state index in [0.29, 0.717) is 6.42 Å². The average Bonchev–Trinajstić information content (AvgIpc) is 2.40. The zero-order chi connectivity index (χ0) is 15.2. The van der Waals surface area contributed by atoms with Gasteiger partial charge in [-0.25, -0.2) is 8.42 Å². The summed E-state index contributed by atoms with van der Waals surface area (Å²) in [7, 11) is -2.97. The molecule has 0 aliphatic heterocycles. The van der Waals surface area contributed by atoms with E-state index in [0.717, 1.165) is 13.1 Å². The number of aryl methyl sites for hydroxylation is 1. The van der Waals surface area contributed by atoms with Crippen molar-refractivity contribution in [2.75, 3.05) is 18.8 Å². The molecule has 0 fully saturated rings. The lowest BCUT2D eigenvalue weighted by Crippen LogP contribution is -2.25. The molecule has 1 atom stereocenters. The Balaban J connectivity index is 2.83. The summed E-state index contributed by atoms with van der Waals surface area (Å²) in [5.74, 6) is 0.513. The second kappa shape index (κ2) is 7.79. The number of benzene rings is 1. The molecule has 1 aromatic carbocycles. The Kier molecular flexibility index (Phi) is 6.69. The molecule has 20 heavy (non-hydrogen) atoms. The zero-order valence-electron chi connectivity index (χ0n) is 13.0. The standard InChI is InChI=1S/C16H27NO2S/c1-5-17-12-15(10-11-20(18,19)13(2)3)16-9-7-6-8-14(16)4/h6-9,13,15,17H,5,10-12H2,1-4H3. The Bertz CT molecular complexity index is 509. The molecule has 1 N–H and O–H groups in total. The van der Waals surface area contributed by atoms with E-state index in [9.17, 15) is 8.42 Å². The van der Waals surface area contributed by atoms with Gasteiger partial charge < -0.3 is 5.32 Å². The Morgan fingerprint density at radius 1 is 1.20 bits per heavy atom. The fourth-order valence-corrected chi connectivity index (χ4v) is 3.36. The van der Waals surface area contributed by atoms with E-state index < -0.39 is 9.84 Å². The van der Waals surface area contributed by atoms with Crippen molar-refractivity contribution in [2.45, 2.75) is 45.3 Å². The molecule has 0 radical (unpaired) electrons. The van der Waals surface area contributed by atoms with E-state index in [1.165, 1.54) is 11.1 Å². The molecule has 4 heteroatoms. The first kappa shape index (κ1) is 17.2. The first-order chi connectivity index (χ1) is 9.38. The molecule has 114 valence electrons. The molecule has 0 saturated heterocycles. The average molecular weight is 297 g/mol. The third kappa shape index (κ3) is 4.91. The Morgan fingerprint density at radius 3 is 2.40 bits per heavy atom. The van der Waals surface area contributed by atoms with Crippen molar-refractivity contribution in [3.63, 3.8) is 0 Å². The molecule has 1 rings (SSSR count). The maximum Gasteiger partial charge on any atom is 0.152 e. The normalized spacial score (nSPS) is 13.7. The summed E-state index contributed by atoms with van der Waals surface area (Å²) < 4.78 is 24.0. The predicted molar refractivity (Wildman–Crippen MR) is 86.0 cm³/mol. The third-order valence-electron chi connectivity index (χ3n) is 3.74. The van der Waals surface area contributed by atoms with Gasteiger partial charge >= 0.3 is 0 Å². The van der Waals surface area contributed by atoms with Crippen LogP contribution in [0.4, 0.5) is 0 Å². The highest BCUT2D eigenvalue weighted by Gasteiger charge is 2.20. The predicted octanol–water partition coefficient (Wildman–Crippen LogP) is 2.90. The van der Waals surface area contributed by atoms with E-state index in [1.54, 1.807) is 13.8 Å². The summed E-state index contributed by atoms with van der Waals surface area (Å²) in [6.07, 6.45) is 0.679. The van der Waals surface area contributed by atoms with E-state index >= 15 is 0 Å². The molecule has 0 bridgehead atoms. The van der Waals surface area contributed by atoms with Gasteiger partial charge in [0.1, 0.15) is 0 Å². The topological polar surface area (TPSA) is 46.2 Å². The minimum Gasteiger partial charge on any atom is -0.316 e. The van der Waals surface area contributed by atoms with Crippen LogP contribution in [0.2, 0.25) is 0 Å². The van der Waals surface area contributed by atoms with Gasteiger partial charge in [0.25, 0.3) is 0 Å². The van der Waals surface area contributed by atoms with Crippen LogP contribution in [0.25, 0.3) is 0 Å². The first-order valence-corrected chi connectivity index (χ1v) is 9.07. The molecule has 3 nitrogen and oxygen atoms in total. The summed E-state index contributed by atoms with van der Waals surface area (Å²) >= 11 is 0. The molecular weight excluding hydrogens is 270 g/mol. The van der Waals surface area contributed by atoms with Gasteiger partial charge in [-0.1, -0.05) is 31.2 Å². The molecule has 0 amide bonds. The number of rotatable bonds is 8.